The number of rotatable bonds is 14. The van der Waals surface area contributed by atoms with Crippen LogP contribution in [0.5, 0.6) is 0 Å². The first-order valence-corrected chi connectivity index (χ1v) is 10.1. The second kappa shape index (κ2) is 11.9. The summed E-state index contributed by atoms with van der Waals surface area (Å²) in [5.74, 6) is 3.44. The SMILES string of the molecule is CCCCCCCCSC[C@H]1O[C@@H]1CCCCC(C)C. The lowest BCUT2D eigenvalue weighted by Gasteiger charge is -2.02. The molecule has 1 heterocycles. The van der Waals surface area contributed by atoms with E-state index in [4.69, 9.17) is 4.74 Å². The zero-order valence-corrected chi connectivity index (χ0v) is 14.9. The average Bonchev–Trinajstić information content (AvgIpc) is 3.16. The second-order valence-electron chi connectivity index (χ2n) is 6.73. The maximum Gasteiger partial charge on any atom is 0.0931 e. The Hall–Kier alpha value is 0.310. The third kappa shape index (κ3) is 10.1. The lowest BCUT2D eigenvalue weighted by atomic mass is 10.0. The van der Waals surface area contributed by atoms with Crippen molar-refractivity contribution < 1.29 is 4.74 Å². The lowest BCUT2D eigenvalue weighted by molar-refractivity contribution is 0.364. The van der Waals surface area contributed by atoms with Gasteiger partial charge in [0.2, 0.25) is 0 Å². The molecular formula is C18H36OS. The largest absolute Gasteiger partial charge is 0.369 e. The third-order valence-corrected chi connectivity index (χ3v) is 5.27. The zero-order chi connectivity index (χ0) is 14.6. The fourth-order valence-electron chi connectivity index (χ4n) is 2.66. The summed E-state index contributed by atoms with van der Waals surface area (Å²) in [6.45, 7) is 6.91. The molecule has 1 aliphatic rings. The van der Waals surface area contributed by atoms with Crippen LogP contribution in [0.1, 0.15) is 85.0 Å². The molecule has 1 saturated heterocycles. The molecule has 2 heteroatoms. The molecule has 0 saturated carbocycles. The smallest absolute Gasteiger partial charge is 0.0931 e. The van der Waals surface area contributed by atoms with Gasteiger partial charge in [0.05, 0.1) is 12.2 Å². The Bertz CT molecular complexity index is 217. The number of ether oxygens (including phenoxy) is 1. The maximum atomic E-state index is 5.76. The first-order chi connectivity index (χ1) is 9.74. The first kappa shape index (κ1) is 18.4. The van der Waals surface area contributed by atoms with E-state index < -0.39 is 0 Å². The van der Waals surface area contributed by atoms with Crippen LogP contribution in [0.4, 0.5) is 0 Å². The van der Waals surface area contributed by atoms with E-state index >= 15 is 0 Å². The van der Waals surface area contributed by atoms with Gasteiger partial charge < -0.3 is 4.74 Å². The van der Waals surface area contributed by atoms with Gasteiger partial charge in [-0.3, -0.25) is 0 Å². The maximum absolute atomic E-state index is 5.76. The summed E-state index contributed by atoms with van der Waals surface area (Å²) in [7, 11) is 0. The summed E-state index contributed by atoms with van der Waals surface area (Å²) >= 11 is 2.11. The molecule has 0 spiro atoms. The van der Waals surface area contributed by atoms with Gasteiger partial charge in [0.25, 0.3) is 0 Å². The number of unbranched alkanes of at least 4 members (excludes halogenated alkanes) is 6. The van der Waals surface area contributed by atoms with Crippen molar-refractivity contribution >= 4 is 11.8 Å². The van der Waals surface area contributed by atoms with E-state index in [1.165, 1.54) is 75.7 Å². The molecule has 1 fully saturated rings. The second-order valence-corrected chi connectivity index (χ2v) is 7.88. The number of epoxide rings is 1. The number of hydrogen-bond acceptors (Lipinski definition) is 2. The van der Waals surface area contributed by atoms with Crippen molar-refractivity contribution in [3.05, 3.63) is 0 Å². The molecule has 120 valence electrons. The fraction of sp³-hybridized carbons (Fsp3) is 1.00. The van der Waals surface area contributed by atoms with E-state index in [1.54, 1.807) is 0 Å². The van der Waals surface area contributed by atoms with Crippen molar-refractivity contribution in [3.8, 4) is 0 Å². The zero-order valence-electron chi connectivity index (χ0n) is 14.0. The van der Waals surface area contributed by atoms with Crippen molar-refractivity contribution in [2.75, 3.05) is 11.5 Å². The van der Waals surface area contributed by atoms with Gasteiger partial charge in [-0.15, -0.1) is 0 Å². The van der Waals surface area contributed by atoms with E-state index in [-0.39, 0.29) is 0 Å². The predicted molar refractivity (Wildman–Crippen MR) is 92.7 cm³/mol. The molecule has 0 unspecified atom stereocenters. The fourth-order valence-corrected chi connectivity index (χ4v) is 3.76. The Morgan fingerprint density at radius 3 is 2.40 bits per heavy atom. The van der Waals surface area contributed by atoms with Crippen LogP contribution in [0.3, 0.4) is 0 Å². The van der Waals surface area contributed by atoms with Crippen LogP contribution in [-0.2, 0) is 4.74 Å². The molecule has 0 aromatic carbocycles. The molecule has 0 aliphatic carbocycles. The van der Waals surface area contributed by atoms with Crippen LogP contribution in [0.25, 0.3) is 0 Å². The van der Waals surface area contributed by atoms with Crippen LogP contribution in [0.15, 0.2) is 0 Å². The minimum Gasteiger partial charge on any atom is -0.369 e. The number of hydrogen-bond donors (Lipinski definition) is 0. The molecule has 1 aliphatic heterocycles. The topological polar surface area (TPSA) is 12.5 Å². The van der Waals surface area contributed by atoms with E-state index in [9.17, 15) is 0 Å². The monoisotopic (exact) mass is 300 g/mol. The first-order valence-electron chi connectivity index (χ1n) is 8.97. The highest BCUT2D eigenvalue weighted by Gasteiger charge is 2.37. The van der Waals surface area contributed by atoms with Gasteiger partial charge in [-0.25, -0.2) is 0 Å². The molecule has 0 bridgehead atoms. The van der Waals surface area contributed by atoms with Gasteiger partial charge in [0, 0.05) is 5.75 Å². The van der Waals surface area contributed by atoms with Crippen molar-refractivity contribution in [2.24, 2.45) is 5.92 Å². The minimum absolute atomic E-state index is 0.596. The minimum atomic E-state index is 0.596. The predicted octanol–water partition coefficient (Wildman–Crippen LogP) is 6.06. The Morgan fingerprint density at radius 2 is 1.65 bits per heavy atom. The van der Waals surface area contributed by atoms with Crippen molar-refractivity contribution in [1.82, 2.24) is 0 Å². The van der Waals surface area contributed by atoms with Crippen molar-refractivity contribution in [2.45, 2.75) is 97.2 Å². The summed E-state index contributed by atoms with van der Waals surface area (Å²) < 4.78 is 5.76. The third-order valence-electron chi connectivity index (χ3n) is 4.13. The Labute approximate surface area is 131 Å². The van der Waals surface area contributed by atoms with Crippen LogP contribution in [0.2, 0.25) is 0 Å². The van der Waals surface area contributed by atoms with E-state index in [2.05, 4.69) is 32.5 Å². The van der Waals surface area contributed by atoms with Crippen LogP contribution >= 0.6 is 11.8 Å². The van der Waals surface area contributed by atoms with Crippen LogP contribution < -0.4 is 0 Å². The van der Waals surface area contributed by atoms with Gasteiger partial charge in [-0.2, -0.15) is 11.8 Å². The van der Waals surface area contributed by atoms with Gasteiger partial charge in [0.15, 0.2) is 0 Å². The summed E-state index contributed by atoms with van der Waals surface area (Å²) in [6.07, 6.45) is 15.1. The van der Waals surface area contributed by atoms with E-state index in [1.807, 2.05) is 0 Å². The van der Waals surface area contributed by atoms with Crippen LogP contribution in [0, 0.1) is 5.92 Å². The molecule has 2 atom stereocenters. The molecule has 0 radical (unpaired) electrons. The van der Waals surface area contributed by atoms with Crippen molar-refractivity contribution in [3.63, 3.8) is 0 Å². The van der Waals surface area contributed by atoms with Gasteiger partial charge >= 0.3 is 0 Å². The molecule has 1 nitrogen and oxygen atoms in total. The Morgan fingerprint density at radius 1 is 0.900 bits per heavy atom. The summed E-state index contributed by atoms with van der Waals surface area (Å²) in [5, 5.41) is 0. The molecule has 0 aromatic heterocycles. The van der Waals surface area contributed by atoms with Crippen molar-refractivity contribution in [1.29, 1.82) is 0 Å². The standard InChI is InChI=1S/C18H36OS/c1-4-5-6-7-8-11-14-20-15-18-17(19-18)13-10-9-12-16(2)3/h16-18H,4-15H2,1-3H3/t17-,18-/m1/s1. The highest BCUT2D eigenvalue weighted by atomic mass is 32.2. The molecule has 0 amide bonds. The summed E-state index contributed by atoms with van der Waals surface area (Å²) in [4.78, 5) is 0. The molecular weight excluding hydrogens is 264 g/mol. The van der Waals surface area contributed by atoms with E-state index in [0.717, 1.165) is 5.92 Å². The molecule has 1 rings (SSSR count). The Kier molecular flexibility index (Phi) is 10.9. The van der Waals surface area contributed by atoms with Gasteiger partial charge in [0.1, 0.15) is 0 Å². The Balaban J connectivity index is 1.76. The number of thioether (sulfide) groups is 1. The quantitative estimate of drug-likeness (QED) is 0.285. The van der Waals surface area contributed by atoms with E-state index in [0.29, 0.717) is 12.2 Å². The molecule has 20 heavy (non-hydrogen) atoms. The highest BCUT2D eigenvalue weighted by molar-refractivity contribution is 7.99. The van der Waals surface area contributed by atoms with Gasteiger partial charge in [-0.1, -0.05) is 72.1 Å². The summed E-state index contributed by atoms with van der Waals surface area (Å²) in [5.41, 5.74) is 0. The molecule has 0 N–H and O–H groups in total. The molecule has 0 aromatic rings. The van der Waals surface area contributed by atoms with Gasteiger partial charge in [-0.05, 0) is 24.5 Å². The lowest BCUT2D eigenvalue weighted by Crippen LogP contribution is -1.98. The normalized spacial score (nSPS) is 21.6. The highest BCUT2D eigenvalue weighted by Crippen LogP contribution is 2.30. The summed E-state index contributed by atoms with van der Waals surface area (Å²) in [6, 6.07) is 0. The van der Waals surface area contributed by atoms with Crippen LogP contribution in [-0.4, -0.2) is 23.7 Å². The average molecular weight is 301 g/mol.